The second kappa shape index (κ2) is 9.90. The van der Waals surface area contributed by atoms with E-state index in [1.807, 2.05) is 37.3 Å². The van der Waals surface area contributed by atoms with E-state index < -0.39 is 11.9 Å². The molecule has 4 heterocycles. The molecule has 192 valence electrons. The lowest BCUT2D eigenvalue weighted by atomic mass is 9.99. The number of hydrogen-bond acceptors (Lipinski definition) is 8. The largest absolute Gasteiger partial charge is 0.467 e. The lowest BCUT2D eigenvalue weighted by Gasteiger charge is -2.22. The zero-order valence-electron chi connectivity index (χ0n) is 21.0. The maximum Gasteiger partial charge on any atom is 0.316 e. The number of methoxy groups -OCH3 is 1. The standard InChI is InChI=1S/C29H22FN7O2/c1-17(36-27-26-23(34-16-35-27)10-5-11-31-26)24-12-18-6-3-9-22(19-14-32-29(39-2)33-15-19)25(18)28(38)37(24)21-8-4-7-20(30)13-21/h3-17H,1-2H3,(H,34,35,36)/t17-/m0/s1. The molecule has 1 atom stereocenters. The fourth-order valence-corrected chi connectivity index (χ4v) is 4.66. The Labute approximate surface area is 222 Å². The maximum atomic E-state index is 14.4. The van der Waals surface area contributed by atoms with Gasteiger partial charge in [0.25, 0.3) is 5.56 Å². The van der Waals surface area contributed by atoms with E-state index in [0.29, 0.717) is 44.7 Å². The molecular weight excluding hydrogens is 497 g/mol. The zero-order valence-corrected chi connectivity index (χ0v) is 21.0. The summed E-state index contributed by atoms with van der Waals surface area (Å²) in [6.45, 7) is 1.91. The summed E-state index contributed by atoms with van der Waals surface area (Å²) in [5, 5.41) is 4.55. The third-order valence-electron chi connectivity index (χ3n) is 6.45. The first-order valence-electron chi connectivity index (χ1n) is 12.2. The van der Waals surface area contributed by atoms with Crippen molar-refractivity contribution in [2.75, 3.05) is 12.4 Å². The van der Waals surface area contributed by atoms with Crippen LogP contribution in [0.4, 0.5) is 10.2 Å². The predicted octanol–water partition coefficient (Wildman–Crippen LogP) is 5.11. The van der Waals surface area contributed by atoms with Gasteiger partial charge in [-0.15, -0.1) is 0 Å². The molecule has 0 aliphatic rings. The summed E-state index contributed by atoms with van der Waals surface area (Å²) in [6.07, 6.45) is 6.35. The molecule has 2 aromatic carbocycles. The Bertz CT molecular complexity index is 1890. The Morgan fingerprint density at radius 2 is 1.77 bits per heavy atom. The summed E-state index contributed by atoms with van der Waals surface area (Å²) in [5.41, 5.74) is 3.31. The second-order valence-corrected chi connectivity index (χ2v) is 8.88. The summed E-state index contributed by atoms with van der Waals surface area (Å²) in [5.74, 6) is 0.0736. The van der Waals surface area contributed by atoms with E-state index in [-0.39, 0.29) is 11.6 Å². The van der Waals surface area contributed by atoms with Crippen LogP contribution in [0.25, 0.3) is 38.6 Å². The van der Waals surface area contributed by atoms with Crippen LogP contribution in [0.2, 0.25) is 0 Å². The van der Waals surface area contributed by atoms with Crippen molar-refractivity contribution in [2.45, 2.75) is 13.0 Å². The Morgan fingerprint density at radius 1 is 0.949 bits per heavy atom. The molecule has 0 aliphatic carbocycles. The highest BCUT2D eigenvalue weighted by Crippen LogP contribution is 2.30. The van der Waals surface area contributed by atoms with E-state index in [1.165, 1.54) is 30.1 Å². The topological polar surface area (TPSA) is 108 Å². The first-order chi connectivity index (χ1) is 19.0. The van der Waals surface area contributed by atoms with Gasteiger partial charge in [-0.3, -0.25) is 14.3 Å². The minimum Gasteiger partial charge on any atom is -0.467 e. The SMILES string of the molecule is COc1ncc(-c2cccc3cc([C@H](C)Nc4ncnc5cccnc45)n(-c4cccc(F)c4)c(=O)c23)cn1. The minimum absolute atomic E-state index is 0.227. The van der Waals surface area contributed by atoms with Crippen molar-refractivity contribution < 1.29 is 9.13 Å². The van der Waals surface area contributed by atoms with Crippen LogP contribution in [0.3, 0.4) is 0 Å². The number of nitrogens with one attached hydrogen (secondary N) is 1. The number of pyridine rings is 2. The van der Waals surface area contributed by atoms with Crippen LogP contribution in [0.15, 0.2) is 90.4 Å². The van der Waals surface area contributed by atoms with E-state index in [4.69, 9.17) is 4.74 Å². The number of hydrogen-bond donors (Lipinski definition) is 1. The lowest BCUT2D eigenvalue weighted by molar-refractivity contribution is 0.380. The van der Waals surface area contributed by atoms with Gasteiger partial charge < -0.3 is 10.1 Å². The number of benzene rings is 2. The molecule has 0 radical (unpaired) electrons. The van der Waals surface area contributed by atoms with Crippen LogP contribution in [0, 0.1) is 5.82 Å². The molecule has 10 heteroatoms. The Hall–Kier alpha value is -5.25. The smallest absolute Gasteiger partial charge is 0.316 e. The molecule has 1 N–H and O–H groups in total. The number of anilines is 1. The van der Waals surface area contributed by atoms with E-state index in [1.54, 1.807) is 36.8 Å². The summed E-state index contributed by atoms with van der Waals surface area (Å²) in [7, 11) is 1.49. The molecule has 0 unspecified atom stereocenters. The Morgan fingerprint density at radius 3 is 2.56 bits per heavy atom. The normalized spacial score (nSPS) is 12.0. The average Bonchev–Trinajstić information content (AvgIpc) is 2.97. The van der Waals surface area contributed by atoms with Crippen molar-refractivity contribution in [1.29, 1.82) is 0 Å². The van der Waals surface area contributed by atoms with E-state index in [2.05, 4.69) is 30.2 Å². The summed E-state index contributed by atoms with van der Waals surface area (Å²) < 4.78 is 21.0. The van der Waals surface area contributed by atoms with Crippen molar-refractivity contribution >= 4 is 27.6 Å². The van der Waals surface area contributed by atoms with Crippen LogP contribution in [0.1, 0.15) is 18.7 Å². The zero-order chi connectivity index (χ0) is 26.9. The Balaban J connectivity index is 1.56. The molecular formula is C29H22FN7O2. The third kappa shape index (κ3) is 4.42. The molecule has 6 rings (SSSR count). The fraction of sp³-hybridized carbons (Fsp3) is 0.103. The molecule has 0 aliphatic heterocycles. The van der Waals surface area contributed by atoms with E-state index >= 15 is 0 Å². The van der Waals surface area contributed by atoms with Crippen molar-refractivity contribution in [1.82, 2.24) is 29.5 Å². The predicted molar refractivity (Wildman–Crippen MR) is 146 cm³/mol. The number of halogens is 1. The van der Waals surface area contributed by atoms with Crippen LogP contribution >= 0.6 is 0 Å². The molecule has 0 saturated heterocycles. The minimum atomic E-state index is -0.450. The van der Waals surface area contributed by atoms with Gasteiger partial charge in [0.05, 0.1) is 29.7 Å². The van der Waals surface area contributed by atoms with Gasteiger partial charge in [-0.1, -0.05) is 24.3 Å². The second-order valence-electron chi connectivity index (χ2n) is 8.88. The highest BCUT2D eigenvalue weighted by Gasteiger charge is 2.20. The number of fused-ring (bicyclic) bond motifs is 2. The van der Waals surface area contributed by atoms with Gasteiger partial charge in [0, 0.05) is 29.8 Å². The number of rotatable bonds is 6. The van der Waals surface area contributed by atoms with Gasteiger partial charge in [0.1, 0.15) is 17.7 Å². The van der Waals surface area contributed by atoms with Gasteiger partial charge in [0.2, 0.25) is 0 Å². The molecule has 0 bridgehead atoms. The highest BCUT2D eigenvalue weighted by molar-refractivity contribution is 5.96. The first-order valence-corrected chi connectivity index (χ1v) is 12.2. The molecule has 6 aromatic rings. The summed E-state index contributed by atoms with van der Waals surface area (Å²) in [4.78, 5) is 35.7. The van der Waals surface area contributed by atoms with Crippen molar-refractivity contribution in [3.05, 3.63) is 107 Å². The number of aromatic nitrogens is 6. The molecule has 0 amide bonds. The van der Waals surface area contributed by atoms with Crippen LogP contribution in [-0.4, -0.2) is 36.6 Å². The maximum absolute atomic E-state index is 14.4. The highest BCUT2D eigenvalue weighted by atomic mass is 19.1. The quantitative estimate of drug-likeness (QED) is 0.324. The lowest BCUT2D eigenvalue weighted by Crippen LogP contribution is -2.26. The van der Waals surface area contributed by atoms with Crippen molar-refractivity contribution in [3.63, 3.8) is 0 Å². The van der Waals surface area contributed by atoms with E-state index in [9.17, 15) is 9.18 Å². The molecule has 39 heavy (non-hydrogen) atoms. The number of ether oxygens (including phenoxy) is 1. The van der Waals surface area contributed by atoms with Crippen LogP contribution in [0.5, 0.6) is 6.01 Å². The monoisotopic (exact) mass is 519 g/mol. The molecule has 0 fully saturated rings. The first kappa shape index (κ1) is 24.1. The number of nitrogens with zero attached hydrogens (tertiary/aromatic N) is 6. The summed E-state index contributed by atoms with van der Waals surface area (Å²) >= 11 is 0. The average molecular weight is 520 g/mol. The van der Waals surface area contributed by atoms with Crippen LogP contribution < -0.4 is 15.6 Å². The molecule has 4 aromatic heterocycles. The molecule has 9 nitrogen and oxygen atoms in total. The van der Waals surface area contributed by atoms with E-state index in [0.717, 1.165) is 5.39 Å². The van der Waals surface area contributed by atoms with Gasteiger partial charge in [-0.2, -0.15) is 0 Å². The van der Waals surface area contributed by atoms with Gasteiger partial charge in [-0.25, -0.2) is 24.3 Å². The van der Waals surface area contributed by atoms with Gasteiger partial charge >= 0.3 is 6.01 Å². The molecule has 0 spiro atoms. The van der Waals surface area contributed by atoms with Gasteiger partial charge in [-0.05, 0) is 54.3 Å². The summed E-state index contributed by atoms with van der Waals surface area (Å²) in [6, 6.07) is 16.9. The van der Waals surface area contributed by atoms with Crippen molar-refractivity contribution in [2.24, 2.45) is 0 Å². The van der Waals surface area contributed by atoms with Crippen molar-refractivity contribution in [3.8, 4) is 22.8 Å². The molecule has 0 saturated carbocycles. The Kier molecular flexibility index (Phi) is 6.12. The van der Waals surface area contributed by atoms with Crippen LogP contribution in [-0.2, 0) is 0 Å². The fourth-order valence-electron chi connectivity index (χ4n) is 4.66. The van der Waals surface area contributed by atoms with Gasteiger partial charge in [0.15, 0.2) is 5.82 Å². The third-order valence-corrected chi connectivity index (χ3v) is 6.45.